The lowest BCUT2D eigenvalue weighted by Crippen LogP contribution is -2.17. The molecule has 0 fully saturated rings. The number of carbonyl (C=O) groups excluding carboxylic acids is 2. The van der Waals surface area contributed by atoms with E-state index in [0.29, 0.717) is 11.3 Å². The number of anilines is 1. The van der Waals surface area contributed by atoms with E-state index in [1.165, 1.54) is 6.92 Å². The zero-order valence-corrected chi connectivity index (χ0v) is 11.1. The summed E-state index contributed by atoms with van der Waals surface area (Å²) in [5, 5.41) is 3.76. The van der Waals surface area contributed by atoms with Gasteiger partial charge in [0.15, 0.2) is 0 Å². The molecule has 0 aliphatic carbocycles. The van der Waals surface area contributed by atoms with Crippen LogP contribution in [-0.2, 0) is 9.59 Å². The number of fused-ring (bicyclic) bond motifs is 1. The Hall–Kier alpha value is -1.91. The highest BCUT2D eigenvalue weighted by molar-refractivity contribution is 6.64. The summed E-state index contributed by atoms with van der Waals surface area (Å²) in [6, 6.07) is 9.95. The molecule has 0 radical (unpaired) electrons. The summed E-state index contributed by atoms with van der Waals surface area (Å²) in [7, 11) is 0. The number of rotatable bonds is 3. The van der Waals surface area contributed by atoms with Crippen LogP contribution in [0.4, 0.5) is 5.69 Å². The first-order chi connectivity index (χ1) is 9.00. The van der Waals surface area contributed by atoms with Crippen LogP contribution < -0.4 is 11.1 Å². The van der Waals surface area contributed by atoms with E-state index in [0.717, 1.165) is 10.8 Å². The fraction of sp³-hybridized carbons (Fsp3) is 0.143. The Kier molecular flexibility index (Phi) is 3.83. The third-order valence-electron chi connectivity index (χ3n) is 2.85. The summed E-state index contributed by atoms with van der Waals surface area (Å²) in [6.45, 7) is 1.44. The number of carbonyl (C=O) groups is 2. The molecule has 2 aromatic carbocycles. The van der Waals surface area contributed by atoms with E-state index in [9.17, 15) is 9.59 Å². The first kappa shape index (κ1) is 13.5. The molecule has 1 unspecified atom stereocenters. The first-order valence-corrected chi connectivity index (χ1v) is 6.12. The molecular weight excluding hydrogens is 264 g/mol. The molecular formula is C14H13ClN2O2. The number of hydrogen-bond acceptors (Lipinski definition) is 3. The molecule has 2 aromatic rings. The Morgan fingerprint density at radius 3 is 2.37 bits per heavy atom. The second-order valence-electron chi connectivity index (χ2n) is 4.21. The van der Waals surface area contributed by atoms with Gasteiger partial charge in [-0.3, -0.25) is 9.59 Å². The van der Waals surface area contributed by atoms with Gasteiger partial charge >= 0.3 is 0 Å². The van der Waals surface area contributed by atoms with Gasteiger partial charge in [-0.25, -0.2) is 0 Å². The van der Waals surface area contributed by atoms with Gasteiger partial charge < -0.3 is 11.1 Å². The third kappa shape index (κ3) is 2.75. The summed E-state index contributed by atoms with van der Waals surface area (Å²) >= 11 is 5.45. The van der Waals surface area contributed by atoms with Gasteiger partial charge in [0.1, 0.15) is 6.04 Å². The molecule has 0 saturated carbocycles. The average molecular weight is 277 g/mol. The van der Waals surface area contributed by atoms with Crippen molar-refractivity contribution < 1.29 is 9.59 Å². The maximum atomic E-state index is 11.2. The maximum absolute atomic E-state index is 11.2. The summed E-state index contributed by atoms with van der Waals surface area (Å²) in [4.78, 5) is 22.4. The van der Waals surface area contributed by atoms with Crippen molar-refractivity contribution in [3.8, 4) is 0 Å². The van der Waals surface area contributed by atoms with E-state index in [2.05, 4.69) is 5.32 Å². The maximum Gasteiger partial charge on any atom is 0.242 e. The van der Waals surface area contributed by atoms with Crippen molar-refractivity contribution in [2.75, 3.05) is 5.32 Å². The van der Waals surface area contributed by atoms with Crippen LogP contribution in [0.15, 0.2) is 36.4 Å². The minimum absolute atomic E-state index is 0.157. The van der Waals surface area contributed by atoms with Crippen LogP contribution in [0.25, 0.3) is 10.8 Å². The van der Waals surface area contributed by atoms with Crippen LogP contribution in [0.3, 0.4) is 0 Å². The van der Waals surface area contributed by atoms with Gasteiger partial charge in [-0.2, -0.15) is 0 Å². The molecule has 1 atom stereocenters. The Morgan fingerprint density at radius 2 is 1.79 bits per heavy atom. The molecule has 0 spiro atoms. The van der Waals surface area contributed by atoms with Gasteiger partial charge in [0, 0.05) is 18.0 Å². The minimum Gasteiger partial charge on any atom is -0.326 e. The van der Waals surface area contributed by atoms with Crippen LogP contribution in [0.2, 0.25) is 0 Å². The molecule has 0 saturated heterocycles. The van der Waals surface area contributed by atoms with Crippen LogP contribution in [0.5, 0.6) is 0 Å². The van der Waals surface area contributed by atoms with E-state index in [-0.39, 0.29) is 5.91 Å². The summed E-state index contributed by atoms with van der Waals surface area (Å²) in [6.07, 6.45) is 0. The molecule has 0 aliphatic heterocycles. The van der Waals surface area contributed by atoms with E-state index < -0.39 is 11.3 Å². The highest BCUT2D eigenvalue weighted by Gasteiger charge is 2.17. The monoisotopic (exact) mass is 276 g/mol. The number of nitrogens with two attached hydrogens (primary N) is 1. The Morgan fingerprint density at radius 1 is 1.16 bits per heavy atom. The highest BCUT2D eigenvalue weighted by atomic mass is 35.5. The topological polar surface area (TPSA) is 72.2 Å². The van der Waals surface area contributed by atoms with E-state index in [1.807, 2.05) is 24.3 Å². The van der Waals surface area contributed by atoms with Crippen LogP contribution in [0, 0.1) is 0 Å². The fourth-order valence-electron chi connectivity index (χ4n) is 2.01. The quantitative estimate of drug-likeness (QED) is 0.846. The van der Waals surface area contributed by atoms with Gasteiger partial charge in [0.2, 0.25) is 11.1 Å². The van der Waals surface area contributed by atoms with Crippen molar-refractivity contribution in [2.45, 2.75) is 13.0 Å². The van der Waals surface area contributed by atoms with Crippen molar-refractivity contribution in [3.05, 3.63) is 42.0 Å². The van der Waals surface area contributed by atoms with E-state index in [1.54, 1.807) is 12.1 Å². The smallest absolute Gasteiger partial charge is 0.242 e. The molecule has 3 N–H and O–H groups in total. The molecule has 98 valence electrons. The van der Waals surface area contributed by atoms with Crippen molar-refractivity contribution in [3.63, 3.8) is 0 Å². The highest BCUT2D eigenvalue weighted by Crippen LogP contribution is 2.30. The number of amides is 1. The Labute approximate surface area is 115 Å². The molecule has 1 amide bonds. The van der Waals surface area contributed by atoms with Gasteiger partial charge in [0.05, 0.1) is 0 Å². The van der Waals surface area contributed by atoms with Gasteiger partial charge in [-0.15, -0.1) is 0 Å². The lowest BCUT2D eigenvalue weighted by Gasteiger charge is -2.14. The number of benzene rings is 2. The fourth-order valence-corrected chi connectivity index (χ4v) is 2.13. The molecule has 0 heterocycles. The largest absolute Gasteiger partial charge is 0.326 e. The van der Waals surface area contributed by atoms with Crippen molar-refractivity contribution in [1.82, 2.24) is 0 Å². The predicted molar refractivity (Wildman–Crippen MR) is 76.0 cm³/mol. The molecule has 19 heavy (non-hydrogen) atoms. The second-order valence-corrected chi connectivity index (χ2v) is 4.58. The number of halogens is 1. The lowest BCUT2D eigenvalue weighted by atomic mass is 9.98. The average Bonchev–Trinajstić information content (AvgIpc) is 2.37. The molecule has 0 aromatic heterocycles. The normalized spacial score (nSPS) is 12.2. The Bertz CT molecular complexity index is 655. The van der Waals surface area contributed by atoms with Crippen molar-refractivity contribution >= 4 is 39.2 Å². The molecule has 4 nitrogen and oxygen atoms in total. The summed E-state index contributed by atoms with van der Waals surface area (Å²) < 4.78 is 0. The predicted octanol–water partition coefficient (Wildman–Crippen LogP) is 2.56. The van der Waals surface area contributed by atoms with Crippen molar-refractivity contribution in [2.24, 2.45) is 5.73 Å². The Balaban J connectivity index is 2.64. The minimum atomic E-state index is -0.877. The van der Waals surface area contributed by atoms with Gasteiger partial charge in [0.25, 0.3) is 0 Å². The van der Waals surface area contributed by atoms with Crippen LogP contribution in [-0.4, -0.2) is 11.1 Å². The zero-order chi connectivity index (χ0) is 14.0. The third-order valence-corrected chi connectivity index (χ3v) is 3.08. The molecule has 5 heteroatoms. The van der Waals surface area contributed by atoms with E-state index >= 15 is 0 Å². The molecule has 0 aliphatic rings. The standard InChI is InChI=1S/C14H13ClN2O2/c1-8(18)17-12-7-6-11(13(16)14(15)19)9-4-2-3-5-10(9)12/h2-7,13H,16H2,1H3,(H,17,18). The van der Waals surface area contributed by atoms with Crippen LogP contribution in [0.1, 0.15) is 18.5 Å². The second kappa shape index (κ2) is 5.38. The summed E-state index contributed by atoms with van der Waals surface area (Å²) in [5.41, 5.74) is 7.11. The van der Waals surface area contributed by atoms with Crippen molar-refractivity contribution in [1.29, 1.82) is 0 Å². The SMILES string of the molecule is CC(=O)Nc1ccc(C(N)C(=O)Cl)c2ccccc12. The first-order valence-electron chi connectivity index (χ1n) is 5.75. The van der Waals surface area contributed by atoms with Gasteiger partial charge in [-0.05, 0) is 28.6 Å². The molecule has 2 rings (SSSR count). The van der Waals surface area contributed by atoms with Crippen LogP contribution >= 0.6 is 11.6 Å². The number of nitrogens with one attached hydrogen (secondary N) is 1. The lowest BCUT2D eigenvalue weighted by molar-refractivity contribution is -0.114. The zero-order valence-electron chi connectivity index (χ0n) is 10.3. The molecule has 0 bridgehead atoms. The van der Waals surface area contributed by atoms with E-state index in [4.69, 9.17) is 17.3 Å². The number of hydrogen-bond donors (Lipinski definition) is 2. The van der Waals surface area contributed by atoms with Gasteiger partial charge in [-0.1, -0.05) is 30.3 Å². The summed E-state index contributed by atoms with van der Waals surface area (Å²) in [5.74, 6) is -0.157.